The summed E-state index contributed by atoms with van der Waals surface area (Å²) in [7, 11) is 1.50. The van der Waals surface area contributed by atoms with Gasteiger partial charge in [0.15, 0.2) is 0 Å². The standard InChI is InChI=1S/C17H20ClNO3/c1-11-9-19(10-13-4-6-14(18)7-5-13)17(21)16(11)15(22-3)8-12(2)20/h4-8,11,20H,9-10H2,1-3H3/b12-8+,16-15-. The number of halogens is 1. The second kappa shape index (κ2) is 6.88. The Bertz CT molecular complexity index is 615. The second-order valence-corrected chi connectivity index (χ2v) is 5.92. The molecule has 1 aromatic rings. The molecule has 0 radical (unpaired) electrons. The van der Waals surface area contributed by atoms with Crippen molar-refractivity contribution in [3.63, 3.8) is 0 Å². The van der Waals surface area contributed by atoms with E-state index in [4.69, 9.17) is 16.3 Å². The van der Waals surface area contributed by atoms with E-state index < -0.39 is 0 Å². The SMILES string of the molecule is COC(/C=C(\C)O)=C1\C(=O)N(Cc2ccc(Cl)cc2)CC1C. The van der Waals surface area contributed by atoms with Gasteiger partial charge >= 0.3 is 0 Å². The van der Waals surface area contributed by atoms with E-state index in [1.54, 1.807) is 11.8 Å². The highest BCUT2D eigenvalue weighted by Crippen LogP contribution is 2.29. The molecule has 1 atom stereocenters. The number of likely N-dealkylation sites (tertiary alicyclic amines) is 1. The molecular weight excluding hydrogens is 302 g/mol. The number of aliphatic hydroxyl groups is 1. The highest BCUT2D eigenvalue weighted by molar-refractivity contribution is 6.30. The van der Waals surface area contributed by atoms with Crippen LogP contribution in [-0.2, 0) is 16.1 Å². The van der Waals surface area contributed by atoms with E-state index in [0.717, 1.165) is 5.56 Å². The van der Waals surface area contributed by atoms with Crippen molar-refractivity contribution in [2.24, 2.45) is 5.92 Å². The molecule has 4 nitrogen and oxygen atoms in total. The zero-order valence-electron chi connectivity index (χ0n) is 13.0. The van der Waals surface area contributed by atoms with Crippen molar-refractivity contribution in [1.82, 2.24) is 4.90 Å². The van der Waals surface area contributed by atoms with Crippen LogP contribution in [0.3, 0.4) is 0 Å². The van der Waals surface area contributed by atoms with Crippen LogP contribution in [0.2, 0.25) is 5.02 Å². The third kappa shape index (κ3) is 3.63. The minimum atomic E-state index is -0.0585. The number of methoxy groups -OCH3 is 1. The third-order valence-corrected chi connectivity index (χ3v) is 3.87. The van der Waals surface area contributed by atoms with Crippen LogP contribution in [0.1, 0.15) is 19.4 Å². The number of nitrogens with zero attached hydrogens (tertiary/aromatic N) is 1. The number of hydrogen-bond donors (Lipinski definition) is 1. The Hall–Kier alpha value is -1.94. The number of benzene rings is 1. The zero-order valence-corrected chi connectivity index (χ0v) is 13.7. The molecule has 22 heavy (non-hydrogen) atoms. The summed E-state index contributed by atoms with van der Waals surface area (Å²) in [5.74, 6) is 0.527. The van der Waals surface area contributed by atoms with E-state index >= 15 is 0 Å². The Morgan fingerprint density at radius 3 is 2.64 bits per heavy atom. The smallest absolute Gasteiger partial charge is 0.254 e. The number of carbonyl (C=O) groups excluding carboxylic acids is 1. The first-order valence-electron chi connectivity index (χ1n) is 7.11. The van der Waals surface area contributed by atoms with Gasteiger partial charge in [-0.2, -0.15) is 0 Å². The first kappa shape index (κ1) is 16.4. The van der Waals surface area contributed by atoms with E-state index in [-0.39, 0.29) is 17.6 Å². The van der Waals surface area contributed by atoms with E-state index in [9.17, 15) is 9.90 Å². The van der Waals surface area contributed by atoms with Crippen molar-refractivity contribution >= 4 is 17.5 Å². The maximum atomic E-state index is 12.6. The van der Waals surface area contributed by atoms with Crippen LogP contribution in [0.5, 0.6) is 0 Å². The number of amides is 1. The van der Waals surface area contributed by atoms with Crippen molar-refractivity contribution in [1.29, 1.82) is 0 Å². The highest BCUT2D eigenvalue weighted by Gasteiger charge is 2.35. The maximum absolute atomic E-state index is 12.6. The van der Waals surface area contributed by atoms with Gasteiger partial charge in [0.05, 0.1) is 18.4 Å². The summed E-state index contributed by atoms with van der Waals surface area (Å²) in [5.41, 5.74) is 1.63. The number of allylic oxidation sites excluding steroid dienone is 2. The van der Waals surface area contributed by atoms with Gasteiger partial charge in [-0.3, -0.25) is 4.79 Å². The van der Waals surface area contributed by atoms with E-state index in [0.29, 0.717) is 29.4 Å². The summed E-state index contributed by atoms with van der Waals surface area (Å²) in [4.78, 5) is 14.4. The lowest BCUT2D eigenvalue weighted by Gasteiger charge is -2.15. The van der Waals surface area contributed by atoms with Gasteiger partial charge in [0.25, 0.3) is 5.91 Å². The number of aliphatic hydroxyl groups excluding tert-OH is 1. The van der Waals surface area contributed by atoms with Crippen molar-refractivity contribution in [2.75, 3.05) is 13.7 Å². The van der Waals surface area contributed by atoms with Gasteiger partial charge in [-0.05, 0) is 24.6 Å². The van der Waals surface area contributed by atoms with Crippen LogP contribution in [-0.4, -0.2) is 29.6 Å². The Morgan fingerprint density at radius 1 is 1.45 bits per heavy atom. The van der Waals surface area contributed by atoms with Crippen LogP contribution >= 0.6 is 11.6 Å². The first-order valence-corrected chi connectivity index (χ1v) is 7.49. The molecule has 1 fully saturated rings. The van der Waals surface area contributed by atoms with Crippen LogP contribution in [0.25, 0.3) is 0 Å². The van der Waals surface area contributed by atoms with Gasteiger partial charge in [0.2, 0.25) is 0 Å². The van der Waals surface area contributed by atoms with Crippen LogP contribution in [0.4, 0.5) is 0 Å². The quantitative estimate of drug-likeness (QED) is 0.680. The molecule has 118 valence electrons. The molecule has 0 bridgehead atoms. The Balaban J connectivity index is 2.24. The predicted octanol–water partition coefficient (Wildman–Crippen LogP) is 3.68. The van der Waals surface area contributed by atoms with Crippen molar-refractivity contribution in [3.8, 4) is 0 Å². The normalized spacial score (nSPS) is 21.3. The summed E-state index contributed by atoms with van der Waals surface area (Å²) >= 11 is 5.88. The predicted molar refractivity (Wildman–Crippen MR) is 86.5 cm³/mol. The molecule has 1 heterocycles. The summed E-state index contributed by atoms with van der Waals surface area (Å²) in [6.07, 6.45) is 1.48. The lowest BCUT2D eigenvalue weighted by Crippen LogP contribution is -2.25. The van der Waals surface area contributed by atoms with Gasteiger partial charge in [0, 0.05) is 30.1 Å². The highest BCUT2D eigenvalue weighted by atomic mass is 35.5. The molecule has 2 rings (SSSR count). The van der Waals surface area contributed by atoms with Gasteiger partial charge in [-0.15, -0.1) is 0 Å². The summed E-state index contributed by atoms with van der Waals surface area (Å²) in [6.45, 7) is 4.69. The number of rotatable bonds is 4. The Kier molecular flexibility index (Phi) is 5.14. The molecule has 1 N–H and O–H groups in total. The first-order chi connectivity index (χ1) is 10.4. The molecule has 1 aliphatic rings. The number of carbonyl (C=O) groups is 1. The van der Waals surface area contributed by atoms with E-state index in [1.807, 2.05) is 31.2 Å². The minimum absolute atomic E-state index is 0.0466. The molecule has 1 aromatic carbocycles. The number of hydrogen-bond acceptors (Lipinski definition) is 3. The third-order valence-electron chi connectivity index (χ3n) is 3.62. The Morgan fingerprint density at radius 2 is 2.09 bits per heavy atom. The van der Waals surface area contributed by atoms with Crippen LogP contribution < -0.4 is 0 Å². The molecule has 1 aliphatic heterocycles. The molecule has 1 amide bonds. The number of ether oxygens (including phenoxy) is 1. The minimum Gasteiger partial charge on any atom is -0.512 e. The average molecular weight is 322 g/mol. The van der Waals surface area contributed by atoms with E-state index in [2.05, 4.69) is 0 Å². The molecular formula is C17H20ClNO3. The molecule has 1 saturated heterocycles. The lowest BCUT2D eigenvalue weighted by atomic mass is 10.0. The molecule has 0 spiro atoms. The average Bonchev–Trinajstić information content (AvgIpc) is 2.73. The molecule has 0 aromatic heterocycles. The summed E-state index contributed by atoms with van der Waals surface area (Å²) in [6, 6.07) is 7.46. The van der Waals surface area contributed by atoms with Crippen LogP contribution in [0, 0.1) is 5.92 Å². The summed E-state index contributed by atoms with van der Waals surface area (Å²) < 4.78 is 5.28. The van der Waals surface area contributed by atoms with Crippen molar-refractivity contribution < 1.29 is 14.6 Å². The molecule has 1 unspecified atom stereocenters. The largest absolute Gasteiger partial charge is 0.512 e. The van der Waals surface area contributed by atoms with Gasteiger partial charge < -0.3 is 14.7 Å². The molecule has 0 aliphatic carbocycles. The fraction of sp³-hybridized carbons (Fsp3) is 0.353. The Labute approximate surface area is 135 Å². The summed E-state index contributed by atoms with van der Waals surface area (Å²) in [5, 5.41) is 10.1. The monoisotopic (exact) mass is 321 g/mol. The zero-order chi connectivity index (χ0) is 16.3. The maximum Gasteiger partial charge on any atom is 0.254 e. The lowest BCUT2D eigenvalue weighted by molar-refractivity contribution is -0.125. The van der Waals surface area contributed by atoms with Crippen molar-refractivity contribution in [2.45, 2.75) is 20.4 Å². The van der Waals surface area contributed by atoms with Gasteiger partial charge in [-0.25, -0.2) is 0 Å². The molecule has 0 saturated carbocycles. The van der Waals surface area contributed by atoms with Crippen molar-refractivity contribution in [3.05, 3.63) is 58.0 Å². The fourth-order valence-electron chi connectivity index (χ4n) is 2.62. The van der Waals surface area contributed by atoms with E-state index in [1.165, 1.54) is 13.2 Å². The second-order valence-electron chi connectivity index (χ2n) is 5.48. The van der Waals surface area contributed by atoms with Gasteiger partial charge in [-0.1, -0.05) is 30.7 Å². The van der Waals surface area contributed by atoms with Crippen LogP contribution in [0.15, 0.2) is 47.4 Å². The topological polar surface area (TPSA) is 49.8 Å². The molecule has 5 heteroatoms. The van der Waals surface area contributed by atoms with Gasteiger partial charge in [0.1, 0.15) is 5.76 Å². The fourth-order valence-corrected chi connectivity index (χ4v) is 2.74.